The molecule has 7 aromatic carbocycles. The Morgan fingerprint density at radius 1 is 0.667 bits per heavy atom. The van der Waals surface area contributed by atoms with Crippen LogP contribution >= 0.6 is 0 Å². The predicted molar refractivity (Wildman–Crippen MR) is 219 cm³/mol. The number of benzene rings is 7. The van der Waals surface area contributed by atoms with Crippen molar-refractivity contribution in [3.8, 4) is 27.9 Å². The summed E-state index contributed by atoms with van der Waals surface area (Å²) in [7, 11) is 2.44. The highest BCUT2D eigenvalue weighted by Gasteiger charge is 2.35. The van der Waals surface area contributed by atoms with E-state index in [0.29, 0.717) is 0 Å². The van der Waals surface area contributed by atoms with Gasteiger partial charge in [0.25, 0.3) is 0 Å². The zero-order valence-electron chi connectivity index (χ0n) is 29.6. The van der Waals surface area contributed by atoms with Crippen LogP contribution in [-0.4, -0.2) is 11.8 Å². The quantitative estimate of drug-likeness (QED) is 0.139. The molecule has 0 saturated carbocycles. The molecule has 0 aliphatic carbocycles. The van der Waals surface area contributed by atoms with Crippen LogP contribution in [0.2, 0.25) is 0 Å². The monoisotopic (exact) mass is 655 g/mol. The third kappa shape index (κ3) is 4.50. The van der Waals surface area contributed by atoms with Gasteiger partial charge in [0.15, 0.2) is 7.28 Å². The first kappa shape index (κ1) is 30.3. The van der Waals surface area contributed by atoms with Crippen molar-refractivity contribution in [1.82, 2.24) is 4.57 Å². The Balaban J connectivity index is 1.33. The van der Waals surface area contributed by atoms with Crippen molar-refractivity contribution in [2.45, 2.75) is 51.9 Å². The van der Waals surface area contributed by atoms with Crippen molar-refractivity contribution in [1.29, 1.82) is 0 Å². The molecule has 3 heteroatoms. The number of hydrogen-bond donors (Lipinski definition) is 1. The molecule has 2 aliphatic heterocycles. The topological polar surface area (TPSA) is 17.0 Å². The maximum atomic E-state index is 3.94. The molecule has 0 fully saturated rings. The minimum Gasteiger partial charge on any atom is -0.355 e. The summed E-state index contributed by atoms with van der Waals surface area (Å²) >= 11 is 0. The van der Waals surface area contributed by atoms with E-state index in [1.165, 1.54) is 119 Å². The number of nitrogens with zero attached hydrogens (tertiary/aromatic N) is 1. The van der Waals surface area contributed by atoms with E-state index in [2.05, 4.69) is 171 Å². The minimum atomic E-state index is -0.144. The van der Waals surface area contributed by atoms with Crippen molar-refractivity contribution in [3.63, 3.8) is 0 Å². The van der Waals surface area contributed by atoms with Gasteiger partial charge in [-0.25, -0.2) is 0 Å². The second kappa shape index (κ2) is 11.5. The number of hydrogen-bond acceptors (Lipinski definition) is 1. The molecule has 0 unspecified atom stereocenters. The van der Waals surface area contributed by atoms with Gasteiger partial charge in [-0.1, -0.05) is 148 Å². The van der Waals surface area contributed by atoms with Crippen molar-refractivity contribution in [3.05, 3.63) is 150 Å². The zero-order valence-corrected chi connectivity index (χ0v) is 29.6. The summed E-state index contributed by atoms with van der Waals surface area (Å²) in [6.45, 7) is 7.00. The molecular formula is C48H40BN2. The lowest BCUT2D eigenvalue weighted by Crippen LogP contribution is -2.37. The molecule has 3 heterocycles. The highest BCUT2D eigenvalue weighted by atomic mass is 15.0. The highest BCUT2D eigenvalue weighted by Crippen LogP contribution is 2.50. The molecule has 0 atom stereocenters. The molecule has 0 saturated heterocycles. The van der Waals surface area contributed by atoms with E-state index >= 15 is 0 Å². The maximum absolute atomic E-state index is 3.94. The van der Waals surface area contributed by atoms with Gasteiger partial charge in [-0.05, 0) is 86.7 Å². The summed E-state index contributed by atoms with van der Waals surface area (Å²) in [4.78, 5) is 0. The molecule has 8 aromatic rings. The van der Waals surface area contributed by atoms with Crippen LogP contribution in [0.15, 0.2) is 133 Å². The number of aryl methyl sites for hydroxylation is 1. The summed E-state index contributed by atoms with van der Waals surface area (Å²) in [5.41, 5.74) is 17.6. The predicted octanol–water partition coefficient (Wildman–Crippen LogP) is 11.4. The first-order valence-electron chi connectivity index (χ1n) is 18.6. The van der Waals surface area contributed by atoms with Gasteiger partial charge in [-0.2, -0.15) is 0 Å². The van der Waals surface area contributed by atoms with Crippen LogP contribution < -0.4 is 16.2 Å². The molecule has 51 heavy (non-hydrogen) atoms. The molecule has 2 aliphatic rings. The van der Waals surface area contributed by atoms with Gasteiger partial charge in [-0.3, -0.25) is 0 Å². The van der Waals surface area contributed by atoms with E-state index in [0.717, 1.165) is 6.42 Å². The van der Waals surface area contributed by atoms with Crippen molar-refractivity contribution in [2.24, 2.45) is 0 Å². The Labute approximate surface area is 301 Å². The molecule has 0 bridgehead atoms. The minimum absolute atomic E-state index is 0.144. The van der Waals surface area contributed by atoms with Crippen molar-refractivity contribution >= 4 is 62.2 Å². The Morgan fingerprint density at radius 2 is 1.45 bits per heavy atom. The Hall–Kier alpha value is -5.54. The second-order valence-electron chi connectivity index (χ2n) is 15.0. The smallest absolute Gasteiger partial charge is 0.197 e. The highest BCUT2D eigenvalue weighted by molar-refractivity contribution is 6.73. The number of para-hydroxylation sites is 3. The third-order valence-electron chi connectivity index (χ3n) is 11.7. The van der Waals surface area contributed by atoms with E-state index in [1.54, 1.807) is 0 Å². The largest absolute Gasteiger partial charge is 0.355 e. The zero-order chi connectivity index (χ0) is 34.3. The number of rotatable bonds is 6. The van der Waals surface area contributed by atoms with Crippen LogP contribution in [0.1, 0.15) is 56.7 Å². The van der Waals surface area contributed by atoms with Crippen LogP contribution in [0.25, 0.3) is 60.5 Å². The van der Waals surface area contributed by atoms with Gasteiger partial charge in [0.05, 0.1) is 11.2 Å². The fourth-order valence-electron chi connectivity index (χ4n) is 9.09. The van der Waals surface area contributed by atoms with Crippen LogP contribution in [0, 0.1) is 0 Å². The SMILES string of the molecule is CCCCCc1ccc(-c2cc(-c3cccc4c3Nc3ccccc3C4(C)C)c3c4c2c2c5ccccc5ccc2n4-c2ccccc2[B]3)cc1. The lowest BCUT2D eigenvalue weighted by atomic mass is 9.58. The van der Waals surface area contributed by atoms with Crippen LogP contribution in [0.3, 0.4) is 0 Å². The van der Waals surface area contributed by atoms with Gasteiger partial charge in [0.2, 0.25) is 0 Å². The second-order valence-corrected chi connectivity index (χ2v) is 15.0. The first-order valence-corrected chi connectivity index (χ1v) is 18.6. The fourth-order valence-corrected chi connectivity index (χ4v) is 9.09. The summed E-state index contributed by atoms with van der Waals surface area (Å²) in [5, 5.41) is 9.15. The number of unbranched alkanes of at least 4 members (excludes halogenated alkanes) is 2. The van der Waals surface area contributed by atoms with Gasteiger partial charge in [0.1, 0.15) is 0 Å². The molecule has 2 nitrogen and oxygen atoms in total. The van der Waals surface area contributed by atoms with Crippen molar-refractivity contribution < 1.29 is 0 Å². The number of nitrogens with one attached hydrogen (secondary N) is 1. The molecule has 0 spiro atoms. The lowest BCUT2D eigenvalue weighted by molar-refractivity contribution is 0.638. The normalized spacial score (nSPS) is 13.8. The molecular weight excluding hydrogens is 615 g/mol. The van der Waals surface area contributed by atoms with Crippen molar-refractivity contribution in [2.75, 3.05) is 5.32 Å². The van der Waals surface area contributed by atoms with E-state index in [9.17, 15) is 0 Å². The Bertz CT molecular complexity index is 2680. The summed E-state index contributed by atoms with van der Waals surface area (Å²) in [6, 6.07) is 50.1. The van der Waals surface area contributed by atoms with Crippen LogP contribution in [-0.2, 0) is 11.8 Å². The van der Waals surface area contributed by atoms with E-state index in [-0.39, 0.29) is 5.41 Å². The number of fused-ring (bicyclic) bond motifs is 9. The first-order chi connectivity index (χ1) is 25.0. The molecule has 1 aromatic heterocycles. The van der Waals surface area contributed by atoms with Gasteiger partial charge in [0, 0.05) is 38.6 Å². The number of aromatic nitrogens is 1. The summed E-state index contributed by atoms with van der Waals surface area (Å²) < 4.78 is 2.55. The van der Waals surface area contributed by atoms with E-state index < -0.39 is 0 Å². The number of anilines is 2. The van der Waals surface area contributed by atoms with Gasteiger partial charge < -0.3 is 9.88 Å². The third-order valence-corrected chi connectivity index (χ3v) is 11.7. The molecule has 1 radical (unpaired) electrons. The molecule has 245 valence electrons. The van der Waals surface area contributed by atoms with Gasteiger partial charge >= 0.3 is 0 Å². The average Bonchev–Trinajstić information content (AvgIpc) is 3.52. The van der Waals surface area contributed by atoms with Gasteiger partial charge in [-0.15, -0.1) is 0 Å². The Morgan fingerprint density at radius 3 is 2.33 bits per heavy atom. The summed E-state index contributed by atoms with van der Waals surface area (Å²) in [6.07, 6.45) is 4.88. The fraction of sp³-hybridized carbons (Fsp3) is 0.167. The molecule has 0 amide bonds. The standard InChI is InChI=1S/C48H40BN2/c1-4-5-6-14-30-23-25-32(26-24-30)35-29-36(34-17-13-19-38-46(34)50-40-21-11-9-18-37(40)48(38,2)3)45-47-44(35)43-33-16-8-7-15-31(33)27-28-42(43)51(47)41-22-12-10-20-39(41)49-45/h7-13,15-29,50H,4-6,14H2,1-3H3. The van der Waals surface area contributed by atoms with E-state index in [1.807, 2.05) is 0 Å². The van der Waals surface area contributed by atoms with Crippen LogP contribution in [0.4, 0.5) is 11.4 Å². The summed E-state index contributed by atoms with van der Waals surface area (Å²) in [5.74, 6) is 0. The molecule has 1 N–H and O–H groups in total. The van der Waals surface area contributed by atoms with E-state index in [4.69, 9.17) is 0 Å². The maximum Gasteiger partial charge on any atom is 0.197 e. The van der Waals surface area contributed by atoms with Crippen LogP contribution in [0.5, 0.6) is 0 Å². The Kier molecular flexibility index (Phi) is 6.83. The molecule has 10 rings (SSSR count). The average molecular weight is 656 g/mol. The lowest BCUT2D eigenvalue weighted by Gasteiger charge is -2.37.